The highest BCUT2D eigenvalue weighted by molar-refractivity contribution is 7.89. The number of sulfonamides is 1. The standard InChI is InChI=1S/C23H30N4O4S/c28-20-8-4-3-7-19(20)26-23-21(12-16-5-1-2-6-18(16)25-23)32(30,31)24-13-15-11-22(29)27(14-15)17-9-10-17/h1-2,5-6,12,15,17,19-20,24,28H,3-4,7-11,13-14H2,(H,25,26)/t15?,19-,20-/m0/s1. The number of hydrogen-bond donors (Lipinski definition) is 3. The van der Waals surface area contributed by atoms with Crippen LogP contribution in [-0.2, 0) is 14.8 Å². The smallest absolute Gasteiger partial charge is 0.244 e. The lowest BCUT2D eigenvalue weighted by molar-refractivity contribution is -0.128. The molecule has 1 aliphatic heterocycles. The molecule has 2 saturated carbocycles. The molecule has 1 aromatic heterocycles. The van der Waals surface area contributed by atoms with Gasteiger partial charge in [0.25, 0.3) is 0 Å². The second kappa shape index (κ2) is 8.61. The van der Waals surface area contributed by atoms with Crippen molar-refractivity contribution >= 4 is 32.7 Å². The van der Waals surface area contributed by atoms with Crippen LogP contribution in [0.25, 0.3) is 10.9 Å². The third kappa shape index (κ3) is 4.46. The predicted octanol–water partition coefficient (Wildman–Crippen LogP) is 2.24. The van der Waals surface area contributed by atoms with E-state index >= 15 is 0 Å². The van der Waals surface area contributed by atoms with Crippen LogP contribution in [0.2, 0.25) is 0 Å². The van der Waals surface area contributed by atoms with Crippen molar-refractivity contribution in [2.45, 2.75) is 68.0 Å². The molecule has 1 amide bonds. The van der Waals surface area contributed by atoms with Crippen LogP contribution < -0.4 is 10.0 Å². The van der Waals surface area contributed by atoms with Crippen molar-refractivity contribution in [3.8, 4) is 0 Å². The van der Waals surface area contributed by atoms with E-state index in [-0.39, 0.29) is 35.1 Å². The Morgan fingerprint density at radius 2 is 1.91 bits per heavy atom. The SMILES string of the molecule is O=C1CC(CNS(=O)(=O)c2cc3ccccc3nc2N[C@H]2CCCC[C@@H]2O)CN1C1CC1. The van der Waals surface area contributed by atoms with Crippen molar-refractivity contribution in [2.24, 2.45) is 5.92 Å². The Morgan fingerprint density at radius 1 is 1.12 bits per heavy atom. The molecule has 1 saturated heterocycles. The summed E-state index contributed by atoms with van der Waals surface area (Å²) in [6.07, 6.45) is 5.37. The zero-order valence-electron chi connectivity index (χ0n) is 18.0. The van der Waals surface area contributed by atoms with Gasteiger partial charge in [0.15, 0.2) is 0 Å². The Hall–Kier alpha value is -2.23. The fourth-order valence-electron chi connectivity index (χ4n) is 4.85. The Labute approximate surface area is 188 Å². The van der Waals surface area contributed by atoms with E-state index in [2.05, 4.69) is 15.0 Å². The van der Waals surface area contributed by atoms with Crippen LogP contribution in [0.4, 0.5) is 5.82 Å². The van der Waals surface area contributed by atoms with Gasteiger partial charge in [-0.05, 0) is 43.7 Å². The number of aliphatic hydroxyl groups excluding tert-OH is 1. The zero-order valence-corrected chi connectivity index (χ0v) is 18.9. The molecule has 3 atom stereocenters. The summed E-state index contributed by atoms with van der Waals surface area (Å²) in [7, 11) is -3.86. The number of anilines is 1. The molecule has 3 aliphatic rings. The minimum atomic E-state index is -3.86. The minimum Gasteiger partial charge on any atom is -0.391 e. The number of pyridine rings is 1. The molecule has 9 heteroatoms. The molecule has 2 heterocycles. The number of aromatic nitrogens is 1. The molecule has 5 rings (SSSR count). The normalized spacial score (nSPS) is 26.6. The third-order valence-electron chi connectivity index (χ3n) is 6.82. The van der Waals surface area contributed by atoms with Crippen molar-refractivity contribution in [2.75, 3.05) is 18.4 Å². The Kier molecular flexibility index (Phi) is 5.81. The topological polar surface area (TPSA) is 112 Å². The van der Waals surface area contributed by atoms with Crippen LogP contribution in [0.5, 0.6) is 0 Å². The summed E-state index contributed by atoms with van der Waals surface area (Å²) in [5, 5.41) is 14.3. The highest BCUT2D eigenvalue weighted by atomic mass is 32.2. The number of benzene rings is 1. The lowest BCUT2D eigenvalue weighted by Gasteiger charge is -2.29. The van der Waals surface area contributed by atoms with Crippen molar-refractivity contribution in [3.63, 3.8) is 0 Å². The van der Waals surface area contributed by atoms with Crippen LogP contribution in [0, 0.1) is 5.92 Å². The van der Waals surface area contributed by atoms with Crippen LogP contribution in [-0.4, -0.2) is 60.6 Å². The first kappa shape index (κ1) is 21.6. The van der Waals surface area contributed by atoms with E-state index < -0.39 is 16.1 Å². The zero-order chi connectivity index (χ0) is 22.3. The second-order valence-corrected chi connectivity index (χ2v) is 11.1. The fraction of sp³-hybridized carbons (Fsp3) is 0.565. The monoisotopic (exact) mass is 458 g/mol. The third-order valence-corrected chi connectivity index (χ3v) is 8.26. The first-order valence-corrected chi connectivity index (χ1v) is 13.0. The number of likely N-dealkylation sites (tertiary alicyclic amines) is 1. The van der Waals surface area contributed by atoms with Gasteiger partial charge in [0, 0.05) is 30.9 Å². The number of hydrogen-bond acceptors (Lipinski definition) is 6. The number of nitrogens with zero attached hydrogens (tertiary/aromatic N) is 2. The molecule has 2 aliphatic carbocycles. The molecule has 2 aromatic rings. The van der Waals surface area contributed by atoms with E-state index in [0.717, 1.165) is 37.5 Å². The van der Waals surface area contributed by atoms with Gasteiger partial charge in [-0.1, -0.05) is 31.0 Å². The number of amides is 1. The minimum absolute atomic E-state index is 0.0251. The summed E-state index contributed by atoms with van der Waals surface area (Å²) in [4.78, 5) is 18.8. The van der Waals surface area contributed by atoms with Gasteiger partial charge >= 0.3 is 0 Å². The van der Waals surface area contributed by atoms with Gasteiger partial charge in [-0.15, -0.1) is 0 Å². The van der Waals surface area contributed by atoms with E-state index in [9.17, 15) is 18.3 Å². The lowest BCUT2D eigenvalue weighted by Crippen LogP contribution is -2.37. The van der Waals surface area contributed by atoms with Crippen molar-refractivity contribution in [3.05, 3.63) is 30.3 Å². The Balaban J connectivity index is 1.38. The molecule has 1 aromatic carbocycles. The summed E-state index contributed by atoms with van der Waals surface area (Å²) in [6.45, 7) is 0.830. The highest BCUT2D eigenvalue weighted by Gasteiger charge is 2.39. The summed E-state index contributed by atoms with van der Waals surface area (Å²) in [5.41, 5.74) is 0.695. The average Bonchev–Trinajstić information content (AvgIpc) is 3.55. The van der Waals surface area contributed by atoms with Crippen molar-refractivity contribution in [1.29, 1.82) is 0 Å². The largest absolute Gasteiger partial charge is 0.391 e. The Morgan fingerprint density at radius 3 is 2.69 bits per heavy atom. The molecular weight excluding hydrogens is 428 g/mol. The van der Waals surface area contributed by atoms with Gasteiger partial charge < -0.3 is 15.3 Å². The molecule has 3 N–H and O–H groups in total. The molecule has 0 spiro atoms. The van der Waals surface area contributed by atoms with Gasteiger partial charge in [-0.2, -0.15) is 0 Å². The molecular formula is C23H30N4O4S. The van der Waals surface area contributed by atoms with E-state index in [0.29, 0.717) is 30.9 Å². The maximum Gasteiger partial charge on any atom is 0.244 e. The van der Waals surface area contributed by atoms with Gasteiger partial charge in [0.1, 0.15) is 10.7 Å². The molecule has 172 valence electrons. The van der Waals surface area contributed by atoms with Crippen LogP contribution in [0.3, 0.4) is 0 Å². The predicted molar refractivity (Wildman–Crippen MR) is 122 cm³/mol. The fourth-order valence-corrected chi connectivity index (χ4v) is 6.10. The number of fused-ring (bicyclic) bond motifs is 1. The Bertz CT molecular complexity index is 1120. The molecule has 32 heavy (non-hydrogen) atoms. The number of nitrogens with one attached hydrogen (secondary N) is 2. The number of para-hydroxylation sites is 1. The first-order valence-electron chi connectivity index (χ1n) is 11.5. The lowest BCUT2D eigenvalue weighted by atomic mass is 9.92. The van der Waals surface area contributed by atoms with Crippen LogP contribution >= 0.6 is 0 Å². The summed E-state index contributed by atoms with van der Waals surface area (Å²) >= 11 is 0. The molecule has 3 fully saturated rings. The van der Waals surface area contributed by atoms with Crippen LogP contribution in [0.1, 0.15) is 44.9 Å². The van der Waals surface area contributed by atoms with Gasteiger partial charge in [0.05, 0.1) is 17.7 Å². The van der Waals surface area contributed by atoms with E-state index in [1.807, 2.05) is 29.2 Å². The van der Waals surface area contributed by atoms with Crippen LogP contribution in [0.15, 0.2) is 35.2 Å². The van der Waals surface area contributed by atoms with E-state index in [1.54, 1.807) is 6.07 Å². The second-order valence-electron chi connectivity index (χ2n) is 9.33. The highest BCUT2D eigenvalue weighted by Crippen LogP contribution is 2.33. The number of carbonyl (C=O) groups is 1. The van der Waals surface area contributed by atoms with Crippen molar-refractivity contribution < 1.29 is 18.3 Å². The number of carbonyl (C=O) groups excluding carboxylic acids is 1. The number of rotatable bonds is 7. The quantitative estimate of drug-likeness (QED) is 0.587. The maximum absolute atomic E-state index is 13.3. The molecule has 1 unspecified atom stereocenters. The maximum atomic E-state index is 13.3. The summed E-state index contributed by atoms with van der Waals surface area (Å²) in [5.74, 6) is 0.366. The molecule has 8 nitrogen and oxygen atoms in total. The first-order chi connectivity index (χ1) is 15.4. The average molecular weight is 459 g/mol. The van der Waals surface area contributed by atoms with E-state index in [1.165, 1.54) is 0 Å². The van der Waals surface area contributed by atoms with Gasteiger partial charge in [-0.25, -0.2) is 18.1 Å². The van der Waals surface area contributed by atoms with E-state index in [4.69, 9.17) is 0 Å². The van der Waals surface area contributed by atoms with Gasteiger partial charge in [0.2, 0.25) is 15.9 Å². The van der Waals surface area contributed by atoms with Crippen molar-refractivity contribution in [1.82, 2.24) is 14.6 Å². The summed E-state index contributed by atoms with van der Waals surface area (Å²) < 4.78 is 29.4. The summed E-state index contributed by atoms with van der Waals surface area (Å²) in [6, 6.07) is 9.16. The molecule has 0 radical (unpaired) electrons. The number of aliphatic hydroxyl groups is 1. The molecule has 0 bridgehead atoms. The van der Waals surface area contributed by atoms with Gasteiger partial charge in [-0.3, -0.25) is 4.79 Å².